The van der Waals surface area contributed by atoms with Crippen molar-refractivity contribution in [3.05, 3.63) is 23.2 Å². The summed E-state index contributed by atoms with van der Waals surface area (Å²) in [5.74, 6) is 0.854. The van der Waals surface area contributed by atoms with Gasteiger partial charge in [0, 0.05) is 18.8 Å². The highest BCUT2D eigenvalue weighted by atomic mass is 35.5. The number of hydrogen-bond donors (Lipinski definition) is 0. The maximum absolute atomic E-state index is 5.66. The van der Waals surface area contributed by atoms with Gasteiger partial charge in [0.05, 0.1) is 5.02 Å². The summed E-state index contributed by atoms with van der Waals surface area (Å²) >= 11 is 5.66. The van der Waals surface area contributed by atoms with Gasteiger partial charge in [0.1, 0.15) is 5.82 Å². The van der Waals surface area contributed by atoms with Crippen molar-refractivity contribution in [2.45, 2.75) is 27.2 Å². The molecule has 2 nitrogen and oxygen atoms in total. The van der Waals surface area contributed by atoms with Crippen LogP contribution in [0.15, 0.2) is 12.4 Å². The average Bonchev–Trinajstić information content (AvgIpc) is 1.91. The number of halogens is 1. The Morgan fingerprint density at radius 1 is 1.25 bits per heavy atom. The molecular weight excluding hydrogens is 172 g/mol. The normalized spacial score (nSPS) is 11.7. The quantitative estimate of drug-likeness (QED) is 0.671. The highest BCUT2D eigenvalue weighted by Crippen LogP contribution is 2.18. The highest BCUT2D eigenvalue weighted by Gasteiger charge is 2.12. The minimum Gasteiger partial charge on any atom is -0.240 e. The summed E-state index contributed by atoms with van der Waals surface area (Å²) in [5.41, 5.74) is 0.230. The van der Waals surface area contributed by atoms with Crippen LogP contribution in [-0.4, -0.2) is 9.97 Å². The molecule has 1 heterocycles. The maximum Gasteiger partial charge on any atom is 0.128 e. The Hall–Kier alpha value is -0.630. The van der Waals surface area contributed by atoms with Crippen molar-refractivity contribution in [2.24, 2.45) is 5.41 Å². The molecule has 66 valence electrons. The molecule has 1 aromatic heterocycles. The van der Waals surface area contributed by atoms with Crippen molar-refractivity contribution < 1.29 is 0 Å². The summed E-state index contributed by atoms with van der Waals surface area (Å²) in [7, 11) is 0. The van der Waals surface area contributed by atoms with E-state index in [9.17, 15) is 0 Å². The van der Waals surface area contributed by atoms with Crippen LogP contribution in [0.1, 0.15) is 26.6 Å². The van der Waals surface area contributed by atoms with Crippen molar-refractivity contribution in [1.29, 1.82) is 0 Å². The van der Waals surface area contributed by atoms with Gasteiger partial charge in [0.25, 0.3) is 0 Å². The molecule has 0 aliphatic rings. The first-order chi connectivity index (χ1) is 5.47. The summed E-state index contributed by atoms with van der Waals surface area (Å²) < 4.78 is 0. The molecular formula is C9H13ClN2. The Kier molecular flexibility index (Phi) is 2.68. The minimum atomic E-state index is 0.230. The lowest BCUT2D eigenvalue weighted by Gasteiger charge is -2.16. The molecule has 0 bridgehead atoms. The Balaban J connectivity index is 2.71. The third-order valence-electron chi connectivity index (χ3n) is 1.36. The third-order valence-corrected chi connectivity index (χ3v) is 1.56. The van der Waals surface area contributed by atoms with Gasteiger partial charge in [0.15, 0.2) is 0 Å². The number of hydrogen-bond acceptors (Lipinski definition) is 2. The molecule has 3 heteroatoms. The SMILES string of the molecule is CC(C)(C)Cc1ncc(Cl)cn1. The van der Waals surface area contributed by atoms with Crippen molar-refractivity contribution >= 4 is 11.6 Å². The van der Waals surface area contributed by atoms with E-state index in [2.05, 4.69) is 30.7 Å². The van der Waals surface area contributed by atoms with Gasteiger partial charge >= 0.3 is 0 Å². The molecule has 0 aromatic carbocycles. The lowest BCUT2D eigenvalue weighted by atomic mass is 9.92. The van der Waals surface area contributed by atoms with Gasteiger partial charge < -0.3 is 0 Å². The topological polar surface area (TPSA) is 25.8 Å². The molecule has 0 spiro atoms. The first kappa shape index (κ1) is 9.46. The molecule has 0 aliphatic heterocycles. The number of nitrogens with zero attached hydrogens (tertiary/aromatic N) is 2. The fourth-order valence-electron chi connectivity index (χ4n) is 0.905. The Labute approximate surface area is 78.0 Å². The second-order valence-corrected chi connectivity index (χ2v) is 4.49. The summed E-state index contributed by atoms with van der Waals surface area (Å²) in [4.78, 5) is 8.24. The van der Waals surface area contributed by atoms with Gasteiger partial charge in [-0.25, -0.2) is 9.97 Å². The van der Waals surface area contributed by atoms with Gasteiger partial charge in [-0.3, -0.25) is 0 Å². The minimum absolute atomic E-state index is 0.230. The number of rotatable bonds is 1. The van der Waals surface area contributed by atoms with E-state index in [4.69, 9.17) is 11.6 Å². The second kappa shape index (κ2) is 3.40. The van der Waals surface area contributed by atoms with E-state index in [0.717, 1.165) is 12.2 Å². The maximum atomic E-state index is 5.66. The molecule has 0 saturated heterocycles. The van der Waals surface area contributed by atoms with Crippen LogP contribution in [0.5, 0.6) is 0 Å². The first-order valence-electron chi connectivity index (χ1n) is 3.94. The Morgan fingerprint density at radius 3 is 2.17 bits per heavy atom. The van der Waals surface area contributed by atoms with E-state index in [1.165, 1.54) is 0 Å². The molecule has 0 N–H and O–H groups in total. The zero-order valence-electron chi connectivity index (χ0n) is 7.63. The molecule has 0 radical (unpaired) electrons. The van der Waals surface area contributed by atoms with Crippen LogP contribution in [0.25, 0.3) is 0 Å². The Morgan fingerprint density at radius 2 is 1.75 bits per heavy atom. The van der Waals surface area contributed by atoms with E-state index < -0.39 is 0 Å². The van der Waals surface area contributed by atoms with Crippen LogP contribution in [0.2, 0.25) is 5.02 Å². The fourth-order valence-corrected chi connectivity index (χ4v) is 1.00. The molecule has 1 rings (SSSR count). The van der Waals surface area contributed by atoms with E-state index in [1.807, 2.05) is 0 Å². The molecule has 0 atom stereocenters. The Bertz CT molecular complexity index is 248. The van der Waals surface area contributed by atoms with E-state index in [1.54, 1.807) is 12.4 Å². The predicted octanol–water partition coefficient (Wildman–Crippen LogP) is 2.72. The monoisotopic (exact) mass is 184 g/mol. The van der Waals surface area contributed by atoms with Crippen LogP contribution in [-0.2, 0) is 6.42 Å². The van der Waals surface area contributed by atoms with Crippen molar-refractivity contribution in [1.82, 2.24) is 9.97 Å². The van der Waals surface area contributed by atoms with Gasteiger partial charge in [-0.15, -0.1) is 0 Å². The predicted molar refractivity (Wildman–Crippen MR) is 50.2 cm³/mol. The summed E-state index contributed by atoms with van der Waals surface area (Å²) in [6.07, 6.45) is 4.15. The van der Waals surface area contributed by atoms with Gasteiger partial charge in [-0.1, -0.05) is 32.4 Å². The van der Waals surface area contributed by atoms with Gasteiger partial charge in [0.2, 0.25) is 0 Å². The molecule has 12 heavy (non-hydrogen) atoms. The zero-order chi connectivity index (χ0) is 9.19. The van der Waals surface area contributed by atoms with Crippen LogP contribution in [0, 0.1) is 5.41 Å². The largest absolute Gasteiger partial charge is 0.240 e. The van der Waals surface area contributed by atoms with Gasteiger partial charge in [-0.2, -0.15) is 0 Å². The van der Waals surface area contributed by atoms with Crippen LogP contribution >= 0.6 is 11.6 Å². The molecule has 0 fully saturated rings. The lowest BCUT2D eigenvalue weighted by Crippen LogP contribution is -2.11. The molecule has 0 unspecified atom stereocenters. The van der Waals surface area contributed by atoms with Gasteiger partial charge in [-0.05, 0) is 5.41 Å². The van der Waals surface area contributed by atoms with E-state index >= 15 is 0 Å². The average molecular weight is 185 g/mol. The van der Waals surface area contributed by atoms with E-state index in [-0.39, 0.29) is 5.41 Å². The first-order valence-corrected chi connectivity index (χ1v) is 4.32. The van der Waals surface area contributed by atoms with Crippen LogP contribution in [0.4, 0.5) is 0 Å². The van der Waals surface area contributed by atoms with E-state index in [0.29, 0.717) is 5.02 Å². The fraction of sp³-hybridized carbons (Fsp3) is 0.556. The van der Waals surface area contributed by atoms with Crippen LogP contribution < -0.4 is 0 Å². The van der Waals surface area contributed by atoms with Crippen molar-refractivity contribution in [3.8, 4) is 0 Å². The standard InChI is InChI=1S/C9H13ClN2/c1-9(2,3)4-8-11-5-7(10)6-12-8/h5-6H,4H2,1-3H3. The summed E-state index contributed by atoms with van der Waals surface area (Å²) in [6.45, 7) is 6.47. The number of aromatic nitrogens is 2. The lowest BCUT2D eigenvalue weighted by molar-refractivity contribution is 0.400. The van der Waals surface area contributed by atoms with Crippen molar-refractivity contribution in [2.75, 3.05) is 0 Å². The smallest absolute Gasteiger partial charge is 0.128 e. The van der Waals surface area contributed by atoms with Crippen LogP contribution in [0.3, 0.4) is 0 Å². The highest BCUT2D eigenvalue weighted by molar-refractivity contribution is 6.30. The molecule has 0 amide bonds. The second-order valence-electron chi connectivity index (χ2n) is 4.05. The summed E-state index contributed by atoms with van der Waals surface area (Å²) in [6, 6.07) is 0. The molecule has 0 aliphatic carbocycles. The zero-order valence-corrected chi connectivity index (χ0v) is 8.39. The summed E-state index contributed by atoms with van der Waals surface area (Å²) in [5, 5.41) is 0.590. The third kappa shape index (κ3) is 3.18. The van der Waals surface area contributed by atoms with Crippen molar-refractivity contribution in [3.63, 3.8) is 0 Å². The molecule has 0 saturated carbocycles. The molecule has 1 aromatic rings.